The summed E-state index contributed by atoms with van der Waals surface area (Å²) in [5.41, 5.74) is 3.45. The van der Waals surface area contributed by atoms with Crippen LogP contribution < -0.4 is 10.6 Å². The van der Waals surface area contributed by atoms with Crippen molar-refractivity contribution in [1.29, 1.82) is 0 Å². The number of aryl methyl sites for hydroxylation is 1. The Morgan fingerprint density at radius 1 is 1.03 bits per heavy atom. The Morgan fingerprint density at radius 3 is 2.58 bits per heavy atom. The lowest BCUT2D eigenvalue weighted by Crippen LogP contribution is -2.44. The molecule has 1 atom stereocenters. The Labute approximate surface area is 189 Å². The predicted octanol–water partition coefficient (Wildman–Crippen LogP) is 3.84. The largest absolute Gasteiger partial charge is 0.353 e. The number of nitrogens with one attached hydrogen (secondary N) is 2. The number of benzene rings is 2. The first-order valence-corrected chi connectivity index (χ1v) is 12.3. The lowest BCUT2D eigenvalue weighted by atomic mass is 10.0. The summed E-state index contributed by atoms with van der Waals surface area (Å²) in [5, 5.41) is 6.14. The maximum Gasteiger partial charge on any atom is 0.237 e. The molecule has 0 unspecified atom stereocenters. The van der Waals surface area contributed by atoms with Crippen molar-refractivity contribution in [2.24, 2.45) is 0 Å². The van der Waals surface area contributed by atoms with Gasteiger partial charge in [-0.1, -0.05) is 48.5 Å². The van der Waals surface area contributed by atoms with Crippen LogP contribution in [0.2, 0.25) is 0 Å². The molecular formula is C25H31N3O2S. The van der Waals surface area contributed by atoms with Crippen molar-refractivity contribution in [3.05, 3.63) is 65.7 Å². The second-order valence-corrected chi connectivity index (χ2v) is 9.71. The van der Waals surface area contributed by atoms with Gasteiger partial charge in [-0.25, -0.2) is 0 Å². The zero-order valence-electron chi connectivity index (χ0n) is 17.9. The highest BCUT2D eigenvalue weighted by Crippen LogP contribution is 2.27. The SMILES string of the molecule is O=C(CCS[C@H]1CCc2ccccc2NC1=O)NC1CCN(Cc2ccccc2)CC1. The van der Waals surface area contributed by atoms with Crippen molar-refractivity contribution in [1.82, 2.24) is 10.2 Å². The number of rotatable bonds is 7. The first kappa shape index (κ1) is 21.9. The van der Waals surface area contributed by atoms with Gasteiger partial charge >= 0.3 is 0 Å². The molecule has 2 aliphatic heterocycles. The number of para-hydroxylation sites is 1. The first-order valence-electron chi connectivity index (χ1n) is 11.2. The topological polar surface area (TPSA) is 61.4 Å². The van der Waals surface area contributed by atoms with Crippen molar-refractivity contribution in [3.63, 3.8) is 0 Å². The maximum atomic E-state index is 12.5. The second kappa shape index (κ2) is 10.8. The van der Waals surface area contributed by atoms with Crippen LogP contribution in [0.15, 0.2) is 54.6 Å². The predicted molar refractivity (Wildman–Crippen MR) is 127 cm³/mol. The summed E-state index contributed by atoms with van der Waals surface area (Å²) >= 11 is 1.60. The molecule has 4 rings (SSSR count). The van der Waals surface area contributed by atoms with Gasteiger partial charge in [0.1, 0.15) is 0 Å². The Hall–Kier alpha value is -2.31. The van der Waals surface area contributed by atoms with E-state index in [1.54, 1.807) is 11.8 Å². The van der Waals surface area contributed by atoms with Crippen LogP contribution in [0.25, 0.3) is 0 Å². The van der Waals surface area contributed by atoms with E-state index < -0.39 is 0 Å². The average molecular weight is 438 g/mol. The highest BCUT2D eigenvalue weighted by Gasteiger charge is 2.24. The van der Waals surface area contributed by atoms with Crippen LogP contribution in [0.1, 0.15) is 36.8 Å². The van der Waals surface area contributed by atoms with Crippen molar-refractivity contribution in [2.45, 2.75) is 49.9 Å². The number of piperidine rings is 1. The summed E-state index contributed by atoms with van der Waals surface area (Å²) < 4.78 is 0. The van der Waals surface area contributed by atoms with Gasteiger partial charge in [-0.15, -0.1) is 11.8 Å². The minimum absolute atomic E-state index is 0.0566. The number of likely N-dealkylation sites (tertiary alicyclic amines) is 1. The molecule has 0 aromatic heterocycles. The molecule has 164 valence electrons. The summed E-state index contributed by atoms with van der Waals surface area (Å²) in [6.07, 6.45) is 4.16. The molecule has 2 amide bonds. The molecule has 1 fully saturated rings. The molecule has 2 heterocycles. The van der Waals surface area contributed by atoms with Crippen molar-refractivity contribution in [3.8, 4) is 0 Å². The molecule has 2 aromatic carbocycles. The summed E-state index contributed by atoms with van der Waals surface area (Å²) in [6.45, 7) is 3.00. The fourth-order valence-electron chi connectivity index (χ4n) is 4.32. The molecule has 0 spiro atoms. The summed E-state index contributed by atoms with van der Waals surface area (Å²) in [4.78, 5) is 27.4. The lowest BCUT2D eigenvalue weighted by Gasteiger charge is -2.32. The first-order chi connectivity index (χ1) is 15.2. The molecule has 0 aliphatic carbocycles. The number of carbonyl (C=O) groups excluding carboxylic acids is 2. The molecule has 6 heteroatoms. The van der Waals surface area contributed by atoms with Crippen molar-refractivity contribution < 1.29 is 9.59 Å². The molecule has 0 bridgehead atoms. The van der Waals surface area contributed by atoms with E-state index in [9.17, 15) is 9.59 Å². The maximum absolute atomic E-state index is 12.5. The van der Waals surface area contributed by atoms with Gasteiger partial charge in [0.2, 0.25) is 11.8 Å². The van der Waals surface area contributed by atoms with Crippen LogP contribution in [0.5, 0.6) is 0 Å². The fourth-order valence-corrected chi connectivity index (χ4v) is 5.40. The molecular weight excluding hydrogens is 406 g/mol. The van der Waals surface area contributed by atoms with Crippen LogP contribution in [-0.2, 0) is 22.6 Å². The molecule has 2 N–H and O–H groups in total. The summed E-state index contributed by atoms with van der Waals surface area (Å²) in [7, 11) is 0. The third-order valence-corrected chi connectivity index (χ3v) is 7.39. The Morgan fingerprint density at radius 2 is 1.77 bits per heavy atom. The molecule has 0 radical (unpaired) electrons. The number of hydrogen-bond acceptors (Lipinski definition) is 4. The highest BCUT2D eigenvalue weighted by atomic mass is 32.2. The standard InChI is InChI=1S/C25H31N3O2S/c29-24(26-21-12-15-28(16-13-21)18-19-6-2-1-3-7-19)14-17-31-23-11-10-20-8-4-5-9-22(20)27-25(23)30/h1-9,21,23H,10-18H2,(H,26,29)(H,27,30)/t23-/m0/s1. The number of thioether (sulfide) groups is 1. The minimum atomic E-state index is -0.0959. The minimum Gasteiger partial charge on any atom is -0.353 e. The van der Waals surface area contributed by atoms with Crippen molar-refractivity contribution in [2.75, 3.05) is 24.2 Å². The molecule has 2 aliphatic rings. The second-order valence-electron chi connectivity index (χ2n) is 8.40. The Kier molecular flexibility index (Phi) is 7.65. The van der Waals surface area contributed by atoms with Gasteiger partial charge in [0, 0.05) is 43.5 Å². The van der Waals surface area contributed by atoms with Crippen LogP contribution >= 0.6 is 11.8 Å². The number of carbonyl (C=O) groups is 2. The monoisotopic (exact) mass is 437 g/mol. The number of hydrogen-bond donors (Lipinski definition) is 2. The number of amides is 2. The van der Waals surface area contributed by atoms with E-state index in [0.717, 1.165) is 51.0 Å². The normalized spacial score (nSPS) is 19.9. The van der Waals surface area contributed by atoms with Gasteiger partial charge in [-0.05, 0) is 42.9 Å². The smallest absolute Gasteiger partial charge is 0.237 e. The molecule has 1 saturated heterocycles. The van der Waals surface area contributed by atoms with E-state index >= 15 is 0 Å². The van der Waals surface area contributed by atoms with Crippen LogP contribution in [0.4, 0.5) is 5.69 Å². The van der Waals surface area contributed by atoms with Gasteiger partial charge in [0.15, 0.2) is 0 Å². The number of fused-ring (bicyclic) bond motifs is 1. The van der Waals surface area contributed by atoms with Crippen LogP contribution in [-0.4, -0.2) is 46.8 Å². The van der Waals surface area contributed by atoms with Gasteiger partial charge in [0.25, 0.3) is 0 Å². The van der Waals surface area contributed by atoms with Crippen molar-refractivity contribution >= 4 is 29.3 Å². The van der Waals surface area contributed by atoms with E-state index in [1.807, 2.05) is 24.3 Å². The Balaban J connectivity index is 1.14. The van der Waals surface area contributed by atoms with Gasteiger partial charge in [0.05, 0.1) is 5.25 Å². The van der Waals surface area contributed by atoms with Gasteiger partial charge < -0.3 is 10.6 Å². The fraction of sp³-hybridized carbons (Fsp3) is 0.440. The Bertz CT molecular complexity index is 881. The third kappa shape index (κ3) is 6.34. The summed E-state index contributed by atoms with van der Waals surface area (Å²) in [6, 6.07) is 18.8. The van der Waals surface area contributed by atoms with E-state index in [2.05, 4.69) is 45.9 Å². The zero-order valence-corrected chi connectivity index (χ0v) is 18.7. The van der Waals surface area contributed by atoms with Gasteiger partial charge in [-0.3, -0.25) is 14.5 Å². The number of nitrogens with zero attached hydrogens (tertiary/aromatic N) is 1. The third-order valence-electron chi connectivity index (χ3n) is 6.09. The van der Waals surface area contributed by atoms with Gasteiger partial charge in [-0.2, -0.15) is 0 Å². The summed E-state index contributed by atoms with van der Waals surface area (Å²) in [5.74, 6) is 0.833. The van der Waals surface area contributed by atoms with E-state index in [4.69, 9.17) is 0 Å². The van der Waals surface area contributed by atoms with Crippen LogP contribution in [0, 0.1) is 0 Å². The van der Waals surface area contributed by atoms with E-state index in [-0.39, 0.29) is 23.1 Å². The number of anilines is 1. The molecule has 31 heavy (non-hydrogen) atoms. The highest BCUT2D eigenvalue weighted by molar-refractivity contribution is 8.00. The van der Waals surface area contributed by atoms with E-state index in [1.165, 1.54) is 11.1 Å². The average Bonchev–Trinajstić information content (AvgIpc) is 2.94. The molecule has 5 nitrogen and oxygen atoms in total. The van der Waals surface area contributed by atoms with E-state index in [0.29, 0.717) is 12.2 Å². The zero-order chi connectivity index (χ0) is 21.5. The quantitative estimate of drug-likeness (QED) is 0.691. The lowest BCUT2D eigenvalue weighted by molar-refractivity contribution is -0.121. The van der Waals surface area contributed by atoms with Crippen LogP contribution in [0.3, 0.4) is 0 Å². The molecule has 2 aromatic rings. The molecule has 0 saturated carbocycles.